The highest BCUT2D eigenvalue weighted by Crippen LogP contribution is 2.26. The third-order valence-electron chi connectivity index (χ3n) is 2.86. The van der Waals surface area contributed by atoms with Crippen LogP contribution < -0.4 is 0 Å². The summed E-state index contributed by atoms with van der Waals surface area (Å²) < 4.78 is 2.22. The summed E-state index contributed by atoms with van der Waals surface area (Å²) in [5.41, 5.74) is 3.79. The van der Waals surface area contributed by atoms with E-state index in [-0.39, 0.29) is 0 Å². The van der Waals surface area contributed by atoms with E-state index in [1.807, 2.05) is 6.08 Å². The number of rotatable bonds is 3. The van der Waals surface area contributed by atoms with E-state index in [0.29, 0.717) is 0 Å². The SMILES string of the molecule is C=C/C=C\c1c(C)n([B]C)c2ccccc12. The van der Waals surface area contributed by atoms with Gasteiger partial charge in [-0.05, 0) is 13.0 Å². The zero-order chi connectivity index (χ0) is 11.5. The molecule has 2 heteroatoms. The molecule has 1 heterocycles. The van der Waals surface area contributed by atoms with E-state index in [4.69, 9.17) is 0 Å². The zero-order valence-electron chi connectivity index (χ0n) is 9.77. The Morgan fingerprint density at radius 2 is 2.06 bits per heavy atom. The monoisotopic (exact) mass is 208 g/mol. The van der Waals surface area contributed by atoms with Crippen molar-refractivity contribution in [2.45, 2.75) is 13.7 Å². The Labute approximate surface area is 97.4 Å². The predicted molar refractivity (Wildman–Crippen MR) is 72.9 cm³/mol. The lowest BCUT2D eigenvalue weighted by Crippen LogP contribution is -2.02. The summed E-state index contributed by atoms with van der Waals surface area (Å²) >= 11 is 0. The largest absolute Gasteiger partial charge is 0.394 e. The lowest BCUT2D eigenvalue weighted by Gasteiger charge is -2.02. The first-order chi connectivity index (χ1) is 7.79. The van der Waals surface area contributed by atoms with Crippen molar-refractivity contribution in [2.24, 2.45) is 0 Å². The highest BCUT2D eigenvalue weighted by molar-refractivity contribution is 6.34. The average molecular weight is 208 g/mol. The number of hydrogen-bond acceptors (Lipinski definition) is 0. The molecule has 1 radical (unpaired) electrons. The van der Waals surface area contributed by atoms with Crippen LogP contribution in [0.3, 0.4) is 0 Å². The maximum absolute atomic E-state index is 3.71. The third-order valence-corrected chi connectivity index (χ3v) is 2.86. The van der Waals surface area contributed by atoms with Gasteiger partial charge in [0, 0.05) is 22.2 Å². The van der Waals surface area contributed by atoms with E-state index in [9.17, 15) is 0 Å². The summed E-state index contributed by atoms with van der Waals surface area (Å²) in [6.07, 6.45) is 5.90. The van der Waals surface area contributed by atoms with Crippen LogP contribution in [0.15, 0.2) is 43.0 Å². The van der Waals surface area contributed by atoms with E-state index >= 15 is 0 Å². The Morgan fingerprint density at radius 1 is 1.31 bits per heavy atom. The van der Waals surface area contributed by atoms with Crippen LogP contribution in [0.5, 0.6) is 0 Å². The fraction of sp³-hybridized carbons (Fsp3) is 0.143. The molecule has 0 aliphatic rings. The third kappa shape index (κ3) is 1.60. The molecule has 0 atom stereocenters. The summed E-state index contributed by atoms with van der Waals surface area (Å²) in [6.45, 7) is 7.91. The van der Waals surface area contributed by atoms with Crippen molar-refractivity contribution in [3.8, 4) is 0 Å². The summed E-state index contributed by atoms with van der Waals surface area (Å²) in [5.74, 6) is 0. The molecule has 0 fully saturated rings. The normalized spacial score (nSPS) is 11.1. The standard InChI is InChI=1S/C14H15BN/c1-4-5-8-12-11(2)16(15-3)14-10-7-6-9-13(12)14/h4-10H,1H2,2-3H3/b8-5-. The van der Waals surface area contributed by atoms with Crippen LogP contribution >= 0.6 is 0 Å². The molecule has 0 N–H and O–H groups in total. The van der Waals surface area contributed by atoms with Crippen LogP contribution in [0.1, 0.15) is 11.3 Å². The molecular formula is C14H15BN. The van der Waals surface area contributed by atoms with Crippen LogP contribution in [0.4, 0.5) is 0 Å². The lowest BCUT2D eigenvalue weighted by molar-refractivity contribution is 1.17. The Hall–Kier alpha value is -1.70. The topological polar surface area (TPSA) is 4.93 Å². The van der Waals surface area contributed by atoms with Crippen LogP contribution in [0.25, 0.3) is 17.0 Å². The molecule has 0 spiro atoms. The summed E-state index contributed by atoms with van der Waals surface area (Å²) in [5, 5.41) is 1.29. The van der Waals surface area contributed by atoms with Crippen molar-refractivity contribution in [3.05, 3.63) is 54.3 Å². The molecular weight excluding hydrogens is 193 g/mol. The van der Waals surface area contributed by atoms with E-state index in [1.165, 1.54) is 22.2 Å². The minimum absolute atomic E-state index is 1.26. The van der Waals surface area contributed by atoms with Crippen LogP contribution in [-0.2, 0) is 0 Å². The van der Waals surface area contributed by atoms with Gasteiger partial charge in [-0.15, -0.1) is 0 Å². The second-order valence-electron chi connectivity index (χ2n) is 3.74. The number of benzene rings is 1. The quantitative estimate of drug-likeness (QED) is 0.535. The van der Waals surface area contributed by atoms with Gasteiger partial charge in [0.15, 0.2) is 0 Å². The molecule has 2 aromatic rings. The first-order valence-corrected chi connectivity index (χ1v) is 5.47. The lowest BCUT2D eigenvalue weighted by atomic mass is 9.98. The molecule has 79 valence electrons. The molecule has 1 nitrogen and oxygen atoms in total. The fourth-order valence-electron chi connectivity index (χ4n) is 2.12. The fourth-order valence-corrected chi connectivity index (χ4v) is 2.12. The van der Waals surface area contributed by atoms with Gasteiger partial charge in [-0.3, -0.25) is 0 Å². The van der Waals surface area contributed by atoms with E-state index in [1.54, 1.807) is 6.08 Å². The van der Waals surface area contributed by atoms with Gasteiger partial charge in [-0.1, -0.05) is 49.8 Å². The molecule has 1 aromatic carbocycles. The van der Waals surface area contributed by atoms with Gasteiger partial charge in [-0.2, -0.15) is 0 Å². The molecule has 0 saturated heterocycles. The number of para-hydroxylation sites is 1. The van der Waals surface area contributed by atoms with Gasteiger partial charge in [0.05, 0.1) is 0 Å². The minimum Gasteiger partial charge on any atom is -0.394 e. The highest BCUT2D eigenvalue weighted by Gasteiger charge is 2.09. The molecule has 2 rings (SSSR count). The smallest absolute Gasteiger partial charge is 0.249 e. The molecule has 0 saturated carbocycles. The first kappa shape index (κ1) is 10.8. The van der Waals surface area contributed by atoms with Crippen LogP contribution in [-0.4, -0.2) is 11.9 Å². The average Bonchev–Trinajstić information content (AvgIpc) is 2.58. The second-order valence-corrected chi connectivity index (χ2v) is 3.74. The van der Waals surface area contributed by atoms with Crippen molar-refractivity contribution in [3.63, 3.8) is 0 Å². The van der Waals surface area contributed by atoms with Gasteiger partial charge in [0.25, 0.3) is 0 Å². The second kappa shape index (κ2) is 4.44. The van der Waals surface area contributed by atoms with Crippen LogP contribution in [0, 0.1) is 6.92 Å². The van der Waals surface area contributed by atoms with Gasteiger partial charge in [-0.25, -0.2) is 0 Å². The maximum Gasteiger partial charge on any atom is 0.249 e. The Morgan fingerprint density at radius 3 is 2.75 bits per heavy atom. The number of hydrogen-bond donors (Lipinski definition) is 0. The van der Waals surface area contributed by atoms with Gasteiger partial charge < -0.3 is 4.48 Å². The number of nitrogens with zero attached hydrogens (tertiary/aromatic N) is 1. The Bertz CT molecular complexity index is 549. The highest BCUT2D eigenvalue weighted by atomic mass is 14.9. The molecule has 0 bridgehead atoms. The molecule has 0 amide bonds. The van der Waals surface area contributed by atoms with Gasteiger partial charge in [0.2, 0.25) is 7.41 Å². The Balaban J connectivity index is 2.76. The molecule has 0 aliphatic carbocycles. The van der Waals surface area contributed by atoms with Gasteiger partial charge in [0.1, 0.15) is 0 Å². The molecule has 1 aromatic heterocycles. The summed E-state index contributed by atoms with van der Waals surface area (Å²) in [7, 11) is 2.10. The van der Waals surface area contributed by atoms with E-state index < -0.39 is 0 Å². The minimum atomic E-state index is 1.26. The van der Waals surface area contributed by atoms with Crippen molar-refractivity contribution in [1.82, 2.24) is 4.48 Å². The molecule has 0 aliphatic heterocycles. The zero-order valence-corrected chi connectivity index (χ0v) is 9.77. The van der Waals surface area contributed by atoms with Crippen molar-refractivity contribution in [2.75, 3.05) is 0 Å². The van der Waals surface area contributed by atoms with Crippen molar-refractivity contribution in [1.29, 1.82) is 0 Å². The predicted octanol–water partition coefficient (Wildman–Crippen LogP) is 3.66. The Kier molecular flexibility index (Phi) is 3.00. The maximum atomic E-state index is 3.71. The number of aromatic nitrogens is 1. The first-order valence-electron chi connectivity index (χ1n) is 5.47. The number of fused-ring (bicyclic) bond motifs is 1. The van der Waals surface area contributed by atoms with E-state index in [2.05, 4.69) is 62.6 Å². The van der Waals surface area contributed by atoms with Crippen molar-refractivity contribution < 1.29 is 0 Å². The molecule has 0 unspecified atom stereocenters. The van der Waals surface area contributed by atoms with Crippen LogP contribution in [0.2, 0.25) is 6.82 Å². The summed E-state index contributed by atoms with van der Waals surface area (Å²) in [6, 6.07) is 8.45. The number of allylic oxidation sites excluding steroid dienone is 2. The van der Waals surface area contributed by atoms with Crippen molar-refractivity contribution >= 4 is 24.4 Å². The summed E-state index contributed by atoms with van der Waals surface area (Å²) in [4.78, 5) is 0. The molecule has 16 heavy (non-hydrogen) atoms. The van der Waals surface area contributed by atoms with Gasteiger partial charge >= 0.3 is 0 Å². The van der Waals surface area contributed by atoms with E-state index in [0.717, 1.165) is 0 Å².